The molecule has 2 aromatic rings. The maximum Gasteiger partial charge on any atom is 0.131 e. The molecule has 2 N–H and O–H groups in total. The van der Waals surface area contributed by atoms with Crippen molar-refractivity contribution in [3.8, 4) is 11.3 Å². The minimum Gasteiger partial charge on any atom is -0.383 e. The van der Waals surface area contributed by atoms with Crippen LogP contribution in [0.25, 0.3) is 11.3 Å². The lowest BCUT2D eigenvalue weighted by Crippen LogP contribution is -2.10. The van der Waals surface area contributed by atoms with Gasteiger partial charge in [0.25, 0.3) is 0 Å². The number of nitrogens with zero attached hydrogens (tertiary/aromatic N) is 2. The fourth-order valence-corrected chi connectivity index (χ4v) is 3.17. The average molecular weight is 413 g/mol. The van der Waals surface area contributed by atoms with Crippen molar-refractivity contribution in [2.75, 3.05) is 5.73 Å². The molecule has 1 aromatic carbocycles. The summed E-state index contributed by atoms with van der Waals surface area (Å²) in [7, 11) is 0. The molecule has 1 heterocycles. The Hall–Kier alpha value is -0.810. The van der Waals surface area contributed by atoms with Crippen molar-refractivity contribution in [2.45, 2.75) is 39.2 Å². The van der Waals surface area contributed by atoms with Gasteiger partial charge in [-0.05, 0) is 62.8 Å². The number of benzene rings is 1. The second kappa shape index (κ2) is 5.76. The van der Waals surface area contributed by atoms with Crippen LogP contribution in [0.15, 0.2) is 27.1 Å². The first kappa shape index (κ1) is 15.1. The summed E-state index contributed by atoms with van der Waals surface area (Å²) in [6.45, 7) is 5.36. The molecule has 0 bridgehead atoms. The first-order valence-corrected chi connectivity index (χ1v) is 8.87. The van der Waals surface area contributed by atoms with Crippen LogP contribution in [0.3, 0.4) is 0 Å². The van der Waals surface area contributed by atoms with Gasteiger partial charge in [0.1, 0.15) is 17.3 Å². The van der Waals surface area contributed by atoms with E-state index in [-0.39, 0.29) is 0 Å². The molecule has 3 nitrogen and oxygen atoms in total. The Bertz CT molecular complexity index is 672. The molecule has 1 fully saturated rings. The number of nitrogens with two attached hydrogens (primary N) is 1. The van der Waals surface area contributed by atoms with E-state index in [1.165, 1.54) is 12.8 Å². The third kappa shape index (κ3) is 3.04. The molecule has 0 spiro atoms. The standard InChI is InChI=1S/C16H19Br2N3/c1-9(2)8-21-15(19)14(20-16(21)10-3-4-10)11-5-6-12(17)13(18)7-11/h5-7,9-10H,3-4,8,19H2,1-2H3. The molecular formula is C16H19Br2N3. The highest BCUT2D eigenvalue weighted by molar-refractivity contribution is 9.13. The maximum absolute atomic E-state index is 6.41. The number of hydrogen-bond donors (Lipinski definition) is 1. The van der Waals surface area contributed by atoms with Gasteiger partial charge in [0, 0.05) is 27.0 Å². The summed E-state index contributed by atoms with van der Waals surface area (Å²) < 4.78 is 4.27. The number of hydrogen-bond acceptors (Lipinski definition) is 2. The number of aromatic nitrogens is 2. The SMILES string of the molecule is CC(C)Cn1c(C2CC2)nc(-c2ccc(Br)c(Br)c2)c1N. The molecule has 1 saturated carbocycles. The van der Waals surface area contributed by atoms with E-state index in [2.05, 4.69) is 62.4 Å². The molecule has 21 heavy (non-hydrogen) atoms. The number of imidazole rings is 1. The molecule has 0 saturated heterocycles. The predicted molar refractivity (Wildman–Crippen MR) is 94.3 cm³/mol. The van der Waals surface area contributed by atoms with Crippen LogP contribution in [-0.2, 0) is 6.54 Å². The second-order valence-electron chi connectivity index (χ2n) is 6.11. The topological polar surface area (TPSA) is 43.8 Å². The van der Waals surface area contributed by atoms with Crippen molar-refractivity contribution in [1.82, 2.24) is 9.55 Å². The normalized spacial score (nSPS) is 14.9. The fourth-order valence-electron chi connectivity index (χ4n) is 2.55. The van der Waals surface area contributed by atoms with Crippen LogP contribution in [0.2, 0.25) is 0 Å². The molecule has 0 radical (unpaired) electrons. The zero-order valence-electron chi connectivity index (χ0n) is 12.2. The summed E-state index contributed by atoms with van der Waals surface area (Å²) in [5.74, 6) is 3.11. The molecule has 3 rings (SSSR count). The minimum absolute atomic E-state index is 0.559. The zero-order valence-corrected chi connectivity index (χ0v) is 15.4. The molecule has 112 valence electrons. The zero-order chi connectivity index (χ0) is 15.1. The summed E-state index contributed by atoms with van der Waals surface area (Å²) in [6, 6.07) is 6.15. The van der Waals surface area contributed by atoms with E-state index in [0.717, 1.165) is 38.4 Å². The summed E-state index contributed by atoms with van der Waals surface area (Å²) in [4.78, 5) is 4.87. The Balaban J connectivity index is 2.07. The van der Waals surface area contributed by atoms with Gasteiger partial charge in [0.2, 0.25) is 0 Å². The van der Waals surface area contributed by atoms with E-state index < -0.39 is 0 Å². The summed E-state index contributed by atoms with van der Waals surface area (Å²) in [5, 5.41) is 0. The molecule has 1 aliphatic carbocycles. The van der Waals surface area contributed by atoms with Gasteiger partial charge in [-0.25, -0.2) is 4.98 Å². The van der Waals surface area contributed by atoms with Crippen LogP contribution in [-0.4, -0.2) is 9.55 Å². The third-order valence-corrected chi connectivity index (χ3v) is 5.60. The second-order valence-corrected chi connectivity index (χ2v) is 7.82. The van der Waals surface area contributed by atoms with Gasteiger partial charge in [-0.15, -0.1) is 0 Å². The van der Waals surface area contributed by atoms with Gasteiger partial charge in [0.05, 0.1) is 0 Å². The van der Waals surface area contributed by atoms with Crippen LogP contribution >= 0.6 is 31.9 Å². The first-order valence-electron chi connectivity index (χ1n) is 7.28. The highest BCUT2D eigenvalue weighted by Gasteiger charge is 2.31. The van der Waals surface area contributed by atoms with Gasteiger partial charge in [-0.3, -0.25) is 0 Å². The number of rotatable bonds is 4. The van der Waals surface area contributed by atoms with Gasteiger partial charge < -0.3 is 10.3 Å². The third-order valence-electron chi connectivity index (χ3n) is 3.72. The number of anilines is 1. The molecule has 1 aliphatic rings. The van der Waals surface area contributed by atoms with E-state index >= 15 is 0 Å². The number of nitrogen functional groups attached to an aromatic ring is 1. The van der Waals surface area contributed by atoms with Crippen LogP contribution in [0.4, 0.5) is 5.82 Å². The van der Waals surface area contributed by atoms with Gasteiger partial charge in [0.15, 0.2) is 0 Å². The van der Waals surface area contributed by atoms with Crippen LogP contribution in [0.1, 0.15) is 38.4 Å². The van der Waals surface area contributed by atoms with Gasteiger partial charge in [-0.1, -0.05) is 19.9 Å². The Morgan fingerprint density at radius 1 is 1.29 bits per heavy atom. The van der Waals surface area contributed by atoms with Gasteiger partial charge in [-0.2, -0.15) is 0 Å². The average Bonchev–Trinajstić information content (AvgIpc) is 3.21. The highest BCUT2D eigenvalue weighted by atomic mass is 79.9. The molecule has 0 atom stereocenters. The Morgan fingerprint density at radius 2 is 2.00 bits per heavy atom. The largest absolute Gasteiger partial charge is 0.383 e. The molecule has 1 aromatic heterocycles. The van der Waals surface area contributed by atoms with E-state index in [9.17, 15) is 0 Å². The van der Waals surface area contributed by atoms with E-state index in [1.54, 1.807) is 0 Å². The molecule has 0 unspecified atom stereocenters. The van der Waals surface area contributed by atoms with Crippen LogP contribution in [0.5, 0.6) is 0 Å². The van der Waals surface area contributed by atoms with Crippen molar-refractivity contribution >= 4 is 37.7 Å². The monoisotopic (exact) mass is 411 g/mol. The Kier molecular flexibility index (Phi) is 4.14. The Morgan fingerprint density at radius 3 is 2.57 bits per heavy atom. The Labute approximate surface area is 142 Å². The molecular weight excluding hydrogens is 394 g/mol. The summed E-state index contributed by atoms with van der Waals surface area (Å²) in [5.41, 5.74) is 8.38. The van der Waals surface area contributed by atoms with Crippen molar-refractivity contribution < 1.29 is 0 Å². The molecule has 0 amide bonds. The minimum atomic E-state index is 0.559. The van der Waals surface area contributed by atoms with E-state index in [1.807, 2.05) is 6.07 Å². The lowest BCUT2D eigenvalue weighted by molar-refractivity contribution is 0.512. The van der Waals surface area contributed by atoms with Crippen LogP contribution < -0.4 is 5.73 Å². The lowest BCUT2D eigenvalue weighted by Gasteiger charge is -2.12. The maximum atomic E-state index is 6.41. The van der Waals surface area contributed by atoms with Crippen molar-refractivity contribution in [1.29, 1.82) is 0 Å². The molecule has 0 aliphatic heterocycles. The first-order chi connectivity index (χ1) is 9.97. The van der Waals surface area contributed by atoms with Crippen LogP contribution in [0, 0.1) is 5.92 Å². The fraction of sp³-hybridized carbons (Fsp3) is 0.438. The summed E-state index contributed by atoms with van der Waals surface area (Å²) >= 11 is 7.05. The molecule has 5 heteroatoms. The van der Waals surface area contributed by atoms with E-state index in [0.29, 0.717) is 11.8 Å². The lowest BCUT2D eigenvalue weighted by atomic mass is 10.1. The van der Waals surface area contributed by atoms with E-state index in [4.69, 9.17) is 10.7 Å². The number of halogens is 2. The van der Waals surface area contributed by atoms with Crippen molar-refractivity contribution in [2.24, 2.45) is 5.92 Å². The predicted octanol–water partition coefficient (Wildman–Crippen LogP) is 5.19. The smallest absolute Gasteiger partial charge is 0.131 e. The highest BCUT2D eigenvalue weighted by Crippen LogP contribution is 2.43. The summed E-state index contributed by atoms with van der Waals surface area (Å²) in [6.07, 6.45) is 2.47. The quantitative estimate of drug-likeness (QED) is 0.750. The van der Waals surface area contributed by atoms with Gasteiger partial charge >= 0.3 is 0 Å². The van der Waals surface area contributed by atoms with Crippen molar-refractivity contribution in [3.05, 3.63) is 33.0 Å². The van der Waals surface area contributed by atoms with Crippen molar-refractivity contribution in [3.63, 3.8) is 0 Å².